The highest BCUT2D eigenvalue weighted by molar-refractivity contribution is 7.98. The molecule has 0 aliphatic heterocycles. The molecule has 0 atom stereocenters. The van der Waals surface area contributed by atoms with Crippen LogP contribution in [-0.4, -0.2) is 4.92 Å². The van der Waals surface area contributed by atoms with Gasteiger partial charge >= 0.3 is 0 Å². The zero-order chi connectivity index (χ0) is 13.8. The van der Waals surface area contributed by atoms with Gasteiger partial charge in [-0.2, -0.15) is 0 Å². The van der Waals surface area contributed by atoms with E-state index in [4.69, 9.17) is 17.3 Å². The predicted octanol–water partition coefficient (Wildman–Crippen LogP) is 4.12. The summed E-state index contributed by atoms with van der Waals surface area (Å²) < 4.78 is 0. The second-order valence-electron chi connectivity index (χ2n) is 3.89. The van der Waals surface area contributed by atoms with Crippen LogP contribution in [0.2, 0.25) is 5.02 Å². The Kier molecular flexibility index (Phi) is 4.29. The summed E-state index contributed by atoms with van der Waals surface area (Å²) in [7, 11) is 0. The van der Waals surface area contributed by atoms with Crippen molar-refractivity contribution in [3.05, 3.63) is 63.2 Å². The highest BCUT2D eigenvalue weighted by atomic mass is 35.5. The Morgan fingerprint density at radius 2 is 1.89 bits per heavy atom. The van der Waals surface area contributed by atoms with Crippen molar-refractivity contribution in [1.82, 2.24) is 0 Å². The van der Waals surface area contributed by atoms with Crippen molar-refractivity contribution in [2.24, 2.45) is 0 Å². The molecule has 2 rings (SSSR count). The minimum absolute atomic E-state index is 0.0553. The van der Waals surface area contributed by atoms with Gasteiger partial charge < -0.3 is 5.73 Å². The first-order chi connectivity index (χ1) is 9.06. The van der Waals surface area contributed by atoms with E-state index >= 15 is 0 Å². The predicted molar refractivity (Wildman–Crippen MR) is 78.5 cm³/mol. The number of halogens is 1. The maximum Gasteiger partial charge on any atom is 0.292 e. The molecule has 0 heterocycles. The number of nitrogens with zero attached hydrogens (tertiary/aromatic N) is 1. The van der Waals surface area contributed by atoms with Crippen molar-refractivity contribution in [3.63, 3.8) is 0 Å². The lowest BCUT2D eigenvalue weighted by Crippen LogP contribution is -1.96. The monoisotopic (exact) mass is 294 g/mol. The molecule has 0 aliphatic carbocycles. The van der Waals surface area contributed by atoms with Crippen molar-refractivity contribution in [2.75, 3.05) is 5.73 Å². The summed E-state index contributed by atoms with van der Waals surface area (Å²) in [6.07, 6.45) is 0. The lowest BCUT2D eigenvalue weighted by atomic mass is 10.2. The van der Waals surface area contributed by atoms with Crippen LogP contribution in [0.4, 0.5) is 11.4 Å². The SMILES string of the molecule is Nc1cc(CSc2ccc(Cl)cc2)ccc1[N+](=O)[O-]. The van der Waals surface area contributed by atoms with Gasteiger partial charge in [0.2, 0.25) is 0 Å². The number of thioether (sulfide) groups is 1. The third-order valence-corrected chi connectivity index (χ3v) is 3.84. The smallest absolute Gasteiger partial charge is 0.292 e. The van der Waals surface area contributed by atoms with E-state index in [1.807, 2.05) is 24.3 Å². The molecule has 0 aliphatic rings. The maximum atomic E-state index is 10.7. The van der Waals surface area contributed by atoms with Crippen molar-refractivity contribution in [1.29, 1.82) is 0 Å². The molecule has 6 heteroatoms. The standard InChI is InChI=1S/C13H11ClN2O2S/c14-10-2-4-11(5-3-10)19-8-9-1-6-13(16(17)18)12(15)7-9/h1-7H,8,15H2. The van der Waals surface area contributed by atoms with Crippen LogP contribution < -0.4 is 5.73 Å². The Bertz CT molecular complexity index is 602. The van der Waals surface area contributed by atoms with E-state index in [9.17, 15) is 10.1 Å². The van der Waals surface area contributed by atoms with Gasteiger partial charge in [0.25, 0.3) is 5.69 Å². The minimum atomic E-state index is -0.481. The second kappa shape index (κ2) is 5.95. The van der Waals surface area contributed by atoms with Crippen LogP contribution in [0.15, 0.2) is 47.4 Å². The van der Waals surface area contributed by atoms with Crippen LogP contribution >= 0.6 is 23.4 Å². The van der Waals surface area contributed by atoms with Crippen LogP contribution in [0.1, 0.15) is 5.56 Å². The average Bonchev–Trinajstić information content (AvgIpc) is 2.37. The average molecular weight is 295 g/mol. The number of hydrogen-bond donors (Lipinski definition) is 1. The molecule has 0 amide bonds. The van der Waals surface area contributed by atoms with Crippen LogP contribution in [0.25, 0.3) is 0 Å². The number of nitro groups is 1. The molecule has 19 heavy (non-hydrogen) atoms. The number of anilines is 1. The molecule has 2 aromatic carbocycles. The molecule has 0 bridgehead atoms. The molecule has 0 unspecified atom stereocenters. The Morgan fingerprint density at radius 1 is 1.21 bits per heavy atom. The van der Waals surface area contributed by atoms with Gasteiger partial charge in [-0.05, 0) is 35.9 Å². The molecule has 0 radical (unpaired) electrons. The molecule has 2 aromatic rings. The normalized spacial score (nSPS) is 10.4. The van der Waals surface area contributed by atoms with Gasteiger partial charge in [-0.3, -0.25) is 10.1 Å². The highest BCUT2D eigenvalue weighted by Crippen LogP contribution is 2.28. The molecule has 0 fully saturated rings. The molecule has 4 nitrogen and oxygen atoms in total. The first-order valence-corrected chi connectivity index (χ1v) is 6.84. The van der Waals surface area contributed by atoms with Crippen LogP contribution in [0.3, 0.4) is 0 Å². The van der Waals surface area contributed by atoms with Gasteiger partial charge in [-0.15, -0.1) is 11.8 Å². The summed E-state index contributed by atoms with van der Waals surface area (Å²) in [5, 5.41) is 11.4. The second-order valence-corrected chi connectivity index (χ2v) is 5.38. The van der Waals surface area contributed by atoms with Crippen LogP contribution in [0.5, 0.6) is 0 Å². The van der Waals surface area contributed by atoms with E-state index in [0.717, 1.165) is 10.5 Å². The van der Waals surface area contributed by atoms with Gasteiger partial charge in [-0.1, -0.05) is 17.7 Å². The molecule has 0 saturated heterocycles. The third kappa shape index (κ3) is 3.62. The van der Waals surface area contributed by atoms with E-state index in [0.29, 0.717) is 10.8 Å². The summed E-state index contributed by atoms with van der Waals surface area (Å²) >= 11 is 7.43. The Balaban J connectivity index is 2.06. The van der Waals surface area contributed by atoms with E-state index in [2.05, 4.69) is 0 Å². The zero-order valence-electron chi connectivity index (χ0n) is 9.88. The summed E-state index contributed by atoms with van der Waals surface area (Å²) in [4.78, 5) is 11.3. The van der Waals surface area contributed by atoms with E-state index in [1.54, 1.807) is 23.9 Å². The van der Waals surface area contributed by atoms with Gasteiger partial charge in [-0.25, -0.2) is 0 Å². The van der Waals surface area contributed by atoms with Crippen molar-refractivity contribution >= 4 is 34.7 Å². The highest BCUT2D eigenvalue weighted by Gasteiger charge is 2.10. The molecular formula is C13H11ClN2O2S. The first kappa shape index (κ1) is 13.7. The summed E-state index contributed by atoms with van der Waals surface area (Å²) in [5.41, 5.74) is 6.73. The fourth-order valence-electron chi connectivity index (χ4n) is 1.56. The van der Waals surface area contributed by atoms with E-state index in [-0.39, 0.29) is 11.4 Å². The van der Waals surface area contributed by atoms with Crippen molar-refractivity contribution < 1.29 is 4.92 Å². The van der Waals surface area contributed by atoms with Crippen molar-refractivity contribution in [3.8, 4) is 0 Å². The van der Waals surface area contributed by atoms with Crippen LogP contribution in [0, 0.1) is 10.1 Å². The van der Waals surface area contributed by atoms with Gasteiger partial charge in [0, 0.05) is 21.7 Å². The lowest BCUT2D eigenvalue weighted by molar-refractivity contribution is -0.383. The quantitative estimate of drug-likeness (QED) is 0.398. The number of benzene rings is 2. The Morgan fingerprint density at radius 3 is 2.47 bits per heavy atom. The number of rotatable bonds is 4. The first-order valence-electron chi connectivity index (χ1n) is 5.47. The minimum Gasteiger partial charge on any atom is -0.393 e. The number of nitro benzene ring substituents is 1. The van der Waals surface area contributed by atoms with Gasteiger partial charge in [0.05, 0.1) is 4.92 Å². The Labute approximate surface area is 119 Å². The summed E-state index contributed by atoms with van der Waals surface area (Å²) in [6, 6.07) is 12.3. The number of hydrogen-bond acceptors (Lipinski definition) is 4. The number of nitrogen functional groups attached to an aromatic ring is 1. The fraction of sp³-hybridized carbons (Fsp3) is 0.0769. The molecule has 0 aromatic heterocycles. The fourth-order valence-corrected chi connectivity index (χ4v) is 2.52. The van der Waals surface area contributed by atoms with Crippen LogP contribution in [-0.2, 0) is 5.75 Å². The molecule has 0 saturated carbocycles. The summed E-state index contributed by atoms with van der Waals surface area (Å²) in [5.74, 6) is 0.698. The van der Waals surface area contributed by atoms with Crippen molar-refractivity contribution in [2.45, 2.75) is 10.6 Å². The Hall–Kier alpha value is -1.72. The maximum absolute atomic E-state index is 10.7. The molecule has 2 N–H and O–H groups in total. The van der Waals surface area contributed by atoms with E-state index < -0.39 is 4.92 Å². The molecule has 98 valence electrons. The largest absolute Gasteiger partial charge is 0.393 e. The van der Waals surface area contributed by atoms with E-state index in [1.165, 1.54) is 6.07 Å². The zero-order valence-corrected chi connectivity index (χ0v) is 11.4. The van der Waals surface area contributed by atoms with Gasteiger partial charge in [0.15, 0.2) is 0 Å². The molecule has 0 spiro atoms. The third-order valence-electron chi connectivity index (χ3n) is 2.51. The molecular weight excluding hydrogens is 284 g/mol. The topological polar surface area (TPSA) is 69.2 Å². The summed E-state index contributed by atoms with van der Waals surface area (Å²) in [6.45, 7) is 0. The van der Waals surface area contributed by atoms with Gasteiger partial charge in [0.1, 0.15) is 5.69 Å². The lowest BCUT2D eigenvalue weighted by Gasteiger charge is -2.04. The number of nitrogens with two attached hydrogens (primary N) is 1.